The number of nitrogens with zero attached hydrogens (tertiary/aromatic N) is 3. The van der Waals surface area contributed by atoms with E-state index in [9.17, 15) is 0 Å². The molecule has 0 saturated carbocycles. The van der Waals surface area contributed by atoms with Crippen LogP contribution in [0.25, 0.3) is 5.82 Å². The quantitative estimate of drug-likeness (QED) is 0.612. The molecule has 0 amide bonds. The molecule has 2 rings (SSSR count). The summed E-state index contributed by atoms with van der Waals surface area (Å²) in [5.74, 6) is 0.389. The number of amidine groups is 1. The molecule has 5 nitrogen and oxygen atoms in total. The smallest absolute Gasteiger partial charge is 0.172 e. The lowest BCUT2D eigenvalue weighted by atomic mass is 10.2. The van der Waals surface area contributed by atoms with Gasteiger partial charge in [0.05, 0.1) is 11.2 Å². The number of nitrogens with one attached hydrogen (secondary N) is 1. The van der Waals surface area contributed by atoms with E-state index in [2.05, 4.69) is 10.1 Å². The van der Waals surface area contributed by atoms with Gasteiger partial charge in [0.1, 0.15) is 5.84 Å². The van der Waals surface area contributed by atoms with Crippen LogP contribution in [0, 0.1) is 12.3 Å². The van der Waals surface area contributed by atoms with Crippen LogP contribution >= 0.6 is 11.6 Å². The van der Waals surface area contributed by atoms with Crippen LogP contribution in [0.3, 0.4) is 0 Å². The molecule has 0 fully saturated rings. The molecule has 0 unspecified atom stereocenters. The van der Waals surface area contributed by atoms with E-state index >= 15 is 0 Å². The van der Waals surface area contributed by atoms with Crippen molar-refractivity contribution in [3.05, 3.63) is 40.8 Å². The van der Waals surface area contributed by atoms with Crippen LogP contribution in [-0.4, -0.2) is 20.6 Å². The summed E-state index contributed by atoms with van der Waals surface area (Å²) in [5, 5.41) is 11.8. The fourth-order valence-electron chi connectivity index (χ4n) is 1.33. The summed E-state index contributed by atoms with van der Waals surface area (Å²) < 4.78 is 1.56. The van der Waals surface area contributed by atoms with Crippen LogP contribution in [0.4, 0.5) is 0 Å². The Hall–Kier alpha value is -1.88. The van der Waals surface area contributed by atoms with Crippen molar-refractivity contribution in [1.82, 2.24) is 14.8 Å². The Labute approximate surface area is 97.4 Å². The lowest BCUT2D eigenvalue weighted by molar-refractivity contribution is 0.846. The third kappa shape index (κ3) is 1.77. The Balaban J connectivity index is 2.58. The number of hydrogen-bond donors (Lipinski definition) is 2. The van der Waals surface area contributed by atoms with Gasteiger partial charge in [0.15, 0.2) is 5.82 Å². The summed E-state index contributed by atoms with van der Waals surface area (Å²) in [7, 11) is 0. The van der Waals surface area contributed by atoms with E-state index in [0.717, 1.165) is 5.56 Å². The molecule has 0 atom stereocenters. The number of nitrogen functional groups attached to an aromatic ring is 1. The van der Waals surface area contributed by atoms with Crippen molar-refractivity contribution in [2.75, 3.05) is 0 Å². The van der Waals surface area contributed by atoms with E-state index < -0.39 is 0 Å². The Morgan fingerprint density at radius 1 is 1.56 bits per heavy atom. The molecule has 0 aliphatic rings. The fourth-order valence-corrected chi connectivity index (χ4v) is 1.63. The zero-order chi connectivity index (χ0) is 11.7. The molecule has 0 spiro atoms. The molecular formula is C10H10ClN5. The third-order valence-corrected chi connectivity index (χ3v) is 2.46. The molecule has 0 radical (unpaired) electrons. The lowest BCUT2D eigenvalue weighted by Gasteiger charge is -2.06. The van der Waals surface area contributed by atoms with Gasteiger partial charge in [0.2, 0.25) is 0 Å². The zero-order valence-corrected chi connectivity index (χ0v) is 9.36. The summed E-state index contributed by atoms with van der Waals surface area (Å²) in [6, 6.07) is 1.60. The van der Waals surface area contributed by atoms with Crippen LogP contribution in [0.15, 0.2) is 24.7 Å². The SMILES string of the molecule is Cc1cnn(-c2nccc(C(=N)N)c2Cl)c1. The van der Waals surface area contributed by atoms with Crippen LogP contribution in [0.5, 0.6) is 0 Å². The number of aromatic nitrogens is 3. The van der Waals surface area contributed by atoms with Crippen molar-refractivity contribution >= 4 is 17.4 Å². The van der Waals surface area contributed by atoms with E-state index in [1.807, 2.05) is 6.92 Å². The molecule has 0 aliphatic carbocycles. The minimum atomic E-state index is -0.0856. The molecule has 3 N–H and O–H groups in total. The fraction of sp³-hybridized carbons (Fsp3) is 0.100. The molecule has 2 heterocycles. The van der Waals surface area contributed by atoms with Gasteiger partial charge < -0.3 is 5.73 Å². The predicted octanol–water partition coefficient (Wildman–Crippen LogP) is 1.51. The largest absolute Gasteiger partial charge is 0.384 e. The van der Waals surface area contributed by atoms with E-state index in [1.54, 1.807) is 29.3 Å². The maximum absolute atomic E-state index is 7.38. The molecule has 0 bridgehead atoms. The van der Waals surface area contributed by atoms with Gasteiger partial charge >= 0.3 is 0 Å². The molecule has 0 aromatic carbocycles. The number of halogens is 1. The predicted molar refractivity (Wildman–Crippen MR) is 62.1 cm³/mol. The molecule has 2 aromatic heterocycles. The summed E-state index contributed by atoms with van der Waals surface area (Å²) in [6.45, 7) is 1.92. The van der Waals surface area contributed by atoms with E-state index in [0.29, 0.717) is 16.4 Å². The maximum Gasteiger partial charge on any atom is 0.172 e. The summed E-state index contributed by atoms with van der Waals surface area (Å²) >= 11 is 6.10. The second-order valence-electron chi connectivity index (χ2n) is 3.37. The number of rotatable bonds is 2. The summed E-state index contributed by atoms with van der Waals surface area (Å²) in [4.78, 5) is 4.12. The van der Waals surface area contributed by atoms with Gasteiger partial charge in [-0.1, -0.05) is 11.6 Å². The van der Waals surface area contributed by atoms with Gasteiger partial charge in [-0.15, -0.1) is 0 Å². The number of hydrogen-bond acceptors (Lipinski definition) is 3. The average Bonchev–Trinajstić information content (AvgIpc) is 2.64. The molecule has 0 aliphatic heterocycles. The van der Waals surface area contributed by atoms with Crippen molar-refractivity contribution in [1.29, 1.82) is 5.41 Å². The highest BCUT2D eigenvalue weighted by Gasteiger charge is 2.11. The highest BCUT2D eigenvalue weighted by molar-refractivity contribution is 6.35. The lowest BCUT2D eigenvalue weighted by Crippen LogP contribution is -2.13. The van der Waals surface area contributed by atoms with Crippen LogP contribution in [0.1, 0.15) is 11.1 Å². The number of nitrogens with two attached hydrogens (primary N) is 1. The van der Waals surface area contributed by atoms with Gasteiger partial charge in [-0.05, 0) is 18.6 Å². The Bertz CT molecular complexity index is 546. The highest BCUT2D eigenvalue weighted by atomic mass is 35.5. The summed E-state index contributed by atoms with van der Waals surface area (Å²) in [6.07, 6.45) is 5.06. The van der Waals surface area contributed by atoms with Crippen molar-refractivity contribution in [2.24, 2.45) is 5.73 Å². The van der Waals surface area contributed by atoms with Crippen molar-refractivity contribution in [2.45, 2.75) is 6.92 Å². The first kappa shape index (κ1) is 10.6. The normalized spacial score (nSPS) is 10.4. The minimum Gasteiger partial charge on any atom is -0.384 e. The van der Waals surface area contributed by atoms with E-state index in [4.69, 9.17) is 22.7 Å². The minimum absolute atomic E-state index is 0.0856. The van der Waals surface area contributed by atoms with E-state index in [-0.39, 0.29) is 5.84 Å². The molecular weight excluding hydrogens is 226 g/mol. The first-order valence-corrected chi connectivity index (χ1v) is 4.98. The first-order chi connectivity index (χ1) is 7.59. The highest BCUT2D eigenvalue weighted by Crippen LogP contribution is 2.21. The molecule has 16 heavy (non-hydrogen) atoms. The zero-order valence-electron chi connectivity index (χ0n) is 8.61. The van der Waals surface area contributed by atoms with Crippen molar-refractivity contribution in [3.63, 3.8) is 0 Å². The maximum atomic E-state index is 7.38. The van der Waals surface area contributed by atoms with Crippen LogP contribution < -0.4 is 5.73 Å². The van der Waals surface area contributed by atoms with Gasteiger partial charge in [0.25, 0.3) is 0 Å². The third-order valence-electron chi connectivity index (χ3n) is 2.09. The number of aryl methyl sites for hydroxylation is 1. The van der Waals surface area contributed by atoms with Gasteiger partial charge in [-0.2, -0.15) is 5.10 Å². The van der Waals surface area contributed by atoms with Gasteiger partial charge in [-0.25, -0.2) is 9.67 Å². The Kier molecular flexibility index (Phi) is 2.62. The van der Waals surface area contributed by atoms with Crippen molar-refractivity contribution in [3.8, 4) is 5.82 Å². The van der Waals surface area contributed by atoms with Crippen LogP contribution in [0.2, 0.25) is 5.02 Å². The summed E-state index contributed by atoms with van der Waals surface area (Å²) in [5.41, 5.74) is 6.87. The van der Waals surface area contributed by atoms with Crippen molar-refractivity contribution < 1.29 is 0 Å². The first-order valence-electron chi connectivity index (χ1n) is 4.60. The molecule has 0 saturated heterocycles. The topological polar surface area (TPSA) is 80.6 Å². The van der Waals surface area contributed by atoms with Crippen LogP contribution in [-0.2, 0) is 0 Å². The Morgan fingerprint density at radius 2 is 2.31 bits per heavy atom. The monoisotopic (exact) mass is 235 g/mol. The molecule has 82 valence electrons. The second-order valence-corrected chi connectivity index (χ2v) is 3.75. The van der Waals surface area contributed by atoms with E-state index in [1.165, 1.54) is 0 Å². The standard InChI is InChI=1S/C10H10ClN5/c1-6-4-15-16(5-6)10-8(11)7(9(12)13)2-3-14-10/h2-5H,1H3,(H3,12,13). The second kappa shape index (κ2) is 3.94. The van der Waals surface area contributed by atoms with Gasteiger partial charge in [0, 0.05) is 18.0 Å². The average molecular weight is 236 g/mol. The number of pyridine rings is 1. The molecule has 6 heteroatoms. The van der Waals surface area contributed by atoms with Gasteiger partial charge in [-0.3, -0.25) is 5.41 Å². The Morgan fingerprint density at radius 3 is 2.88 bits per heavy atom. The molecule has 2 aromatic rings.